The fourth-order valence-corrected chi connectivity index (χ4v) is 0.942. The van der Waals surface area contributed by atoms with E-state index in [1.54, 1.807) is 25.7 Å². The van der Waals surface area contributed by atoms with Crippen molar-refractivity contribution < 1.29 is 0 Å². The number of hydrogen-bond acceptors (Lipinski definition) is 3. The van der Waals surface area contributed by atoms with E-state index in [0.29, 0.717) is 0 Å². The Morgan fingerprint density at radius 1 is 1.73 bits per heavy atom. The van der Waals surface area contributed by atoms with Crippen LogP contribution in [-0.4, -0.2) is 18.2 Å². The van der Waals surface area contributed by atoms with Crippen LogP contribution in [0.4, 0.5) is 0 Å². The molecule has 0 bridgehead atoms. The van der Waals surface area contributed by atoms with Gasteiger partial charge in [-0.2, -0.15) is 5.10 Å². The van der Waals surface area contributed by atoms with Crippen LogP contribution in [0.5, 0.6) is 0 Å². The number of rotatable bonds is 2. The number of hydrazone groups is 1. The van der Waals surface area contributed by atoms with Crippen LogP contribution in [0, 0.1) is 0 Å². The SMILES string of the molecule is CN/N=C\c1cnccc1Br. The molecule has 3 nitrogen and oxygen atoms in total. The van der Waals surface area contributed by atoms with E-state index in [1.807, 2.05) is 6.07 Å². The first kappa shape index (κ1) is 8.20. The summed E-state index contributed by atoms with van der Waals surface area (Å²) in [5, 5.41) is 3.86. The highest BCUT2D eigenvalue weighted by atomic mass is 79.9. The smallest absolute Gasteiger partial charge is 0.0567 e. The molecule has 1 N–H and O–H groups in total. The molecule has 1 aromatic heterocycles. The van der Waals surface area contributed by atoms with Gasteiger partial charge in [0.25, 0.3) is 0 Å². The standard InChI is InChI=1S/C7H8BrN3/c1-9-11-5-6-4-10-3-2-7(6)8/h2-5,9H,1H3/b11-5-. The molecule has 1 aromatic rings. The Morgan fingerprint density at radius 2 is 2.55 bits per heavy atom. The topological polar surface area (TPSA) is 37.3 Å². The quantitative estimate of drug-likeness (QED) is 0.596. The summed E-state index contributed by atoms with van der Waals surface area (Å²) in [6.07, 6.45) is 5.17. The largest absolute Gasteiger partial charge is 0.313 e. The van der Waals surface area contributed by atoms with Crippen LogP contribution in [-0.2, 0) is 0 Å². The van der Waals surface area contributed by atoms with Gasteiger partial charge in [-0.1, -0.05) is 15.9 Å². The zero-order chi connectivity index (χ0) is 8.10. The number of aromatic nitrogens is 1. The predicted octanol–water partition coefficient (Wildman–Crippen LogP) is 1.40. The predicted molar refractivity (Wildman–Crippen MR) is 48.6 cm³/mol. The Kier molecular flexibility index (Phi) is 3.04. The second-order valence-corrected chi connectivity index (χ2v) is 2.73. The minimum absolute atomic E-state index is 0.960. The van der Waals surface area contributed by atoms with Gasteiger partial charge >= 0.3 is 0 Å². The summed E-state index contributed by atoms with van der Waals surface area (Å²) in [6.45, 7) is 0. The molecule has 1 heterocycles. The molecule has 0 saturated heterocycles. The van der Waals surface area contributed by atoms with E-state index in [1.165, 1.54) is 0 Å². The van der Waals surface area contributed by atoms with Gasteiger partial charge < -0.3 is 5.43 Å². The summed E-state index contributed by atoms with van der Waals surface area (Å²) in [5.41, 5.74) is 3.62. The lowest BCUT2D eigenvalue weighted by Gasteiger charge is -1.94. The fourth-order valence-electron chi connectivity index (χ4n) is 0.619. The maximum Gasteiger partial charge on any atom is 0.0567 e. The van der Waals surface area contributed by atoms with Gasteiger partial charge in [0.15, 0.2) is 0 Å². The lowest BCUT2D eigenvalue weighted by atomic mass is 10.3. The first-order chi connectivity index (χ1) is 5.34. The first-order valence-electron chi connectivity index (χ1n) is 3.14. The molecule has 0 aliphatic heterocycles. The number of pyridine rings is 1. The molecule has 4 heteroatoms. The van der Waals surface area contributed by atoms with Gasteiger partial charge in [0.1, 0.15) is 0 Å². The van der Waals surface area contributed by atoms with Crippen molar-refractivity contribution in [3.63, 3.8) is 0 Å². The van der Waals surface area contributed by atoms with E-state index in [2.05, 4.69) is 31.4 Å². The second kappa shape index (κ2) is 4.08. The number of nitrogens with one attached hydrogen (secondary N) is 1. The van der Waals surface area contributed by atoms with E-state index >= 15 is 0 Å². The Morgan fingerprint density at radius 3 is 3.18 bits per heavy atom. The van der Waals surface area contributed by atoms with Crippen LogP contribution in [0.15, 0.2) is 28.0 Å². The third-order valence-corrected chi connectivity index (χ3v) is 1.85. The summed E-state index contributed by atoms with van der Waals surface area (Å²) in [5.74, 6) is 0. The normalized spacial score (nSPS) is 10.4. The monoisotopic (exact) mass is 213 g/mol. The number of hydrogen-bond donors (Lipinski definition) is 1. The van der Waals surface area contributed by atoms with Crippen LogP contribution >= 0.6 is 15.9 Å². The highest BCUT2D eigenvalue weighted by Crippen LogP contribution is 2.11. The molecule has 0 saturated carbocycles. The Hall–Kier alpha value is -0.900. The Bertz CT molecular complexity index is 260. The van der Waals surface area contributed by atoms with Gasteiger partial charge in [-0.25, -0.2) is 0 Å². The summed E-state index contributed by atoms with van der Waals surface area (Å²) >= 11 is 3.37. The molecule has 0 spiro atoms. The lowest BCUT2D eigenvalue weighted by molar-refractivity contribution is 0.907. The molecule has 1 rings (SSSR count). The molecule has 58 valence electrons. The molecular formula is C7H8BrN3. The maximum absolute atomic E-state index is 3.95. The van der Waals surface area contributed by atoms with Crippen LogP contribution < -0.4 is 5.43 Å². The average molecular weight is 214 g/mol. The van der Waals surface area contributed by atoms with E-state index in [9.17, 15) is 0 Å². The van der Waals surface area contributed by atoms with Crippen molar-refractivity contribution in [2.75, 3.05) is 7.05 Å². The highest BCUT2D eigenvalue weighted by Gasteiger charge is 1.92. The van der Waals surface area contributed by atoms with Crippen molar-refractivity contribution in [1.29, 1.82) is 0 Å². The van der Waals surface area contributed by atoms with E-state index in [4.69, 9.17) is 0 Å². The fraction of sp³-hybridized carbons (Fsp3) is 0.143. The van der Waals surface area contributed by atoms with Gasteiger partial charge in [-0.15, -0.1) is 0 Å². The molecule has 0 atom stereocenters. The molecule has 0 unspecified atom stereocenters. The molecule has 0 aliphatic rings. The maximum atomic E-state index is 3.95. The van der Waals surface area contributed by atoms with Crippen molar-refractivity contribution in [3.05, 3.63) is 28.5 Å². The third-order valence-electron chi connectivity index (χ3n) is 1.13. The van der Waals surface area contributed by atoms with Gasteiger partial charge in [-0.05, 0) is 6.07 Å². The lowest BCUT2D eigenvalue weighted by Crippen LogP contribution is -1.95. The van der Waals surface area contributed by atoms with Crippen molar-refractivity contribution >= 4 is 22.1 Å². The second-order valence-electron chi connectivity index (χ2n) is 1.88. The van der Waals surface area contributed by atoms with Gasteiger partial charge in [-0.3, -0.25) is 4.98 Å². The van der Waals surface area contributed by atoms with E-state index < -0.39 is 0 Å². The number of nitrogens with zero attached hydrogens (tertiary/aromatic N) is 2. The van der Waals surface area contributed by atoms with Crippen molar-refractivity contribution in [1.82, 2.24) is 10.4 Å². The van der Waals surface area contributed by atoms with Crippen molar-refractivity contribution in [2.24, 2.45) is 5.10 Å². The summed E-state index contributed by atoms with van der Waals surface area (Å²) in [6, 6.07) is 1.87. The number of halogens is 1. The molecule has 0 fully saturated rings. The van der Waals surface area contributed by atoms with Gasteiger partial charge in [0, 0.05) is 29.5 Å². The first-order valence-corrected chi connectivity index (χ1v) is 3.93. The van der Waals surface area contributed by atoms with Gasteiger partial charge in [0.05, 0.1) is 6.21 Å². The molecule has 11 heavy (non-hydrogen) atoms. The zero-order valence-electron chi connectivity index (χ0n) is 6.08. The minimum Gasteiger partial charge on any atom is -0.313 e. The minimum atomic E-state index is 0.960. The van der Waals surface area contributed by atoms with E-state index in [-0.39, 0.29) is 0 Å². The van der Waals surface area contributed by atoms with Gasteiger partial charge in [0.2, 0.25) is 0 Å². The summed E-state index contributed by atoms with van der Waals surface area (Å²) in [7, 11) is 1.75. The average Bonchev–Trinajstić information content (AvgIpc) is 2.03. The van der Waals surface area contributed by atoms with Crippen LogP contribution in [0.3, 0.4) is 0 Å². The van der Waals surface area contributed by atoms with Crippen molar-refractivity contribution in [3.8, 4) is 0 Å². The van der Waals surface area contributed by atoms with Crippen LogP contribution in [0.1, 0.15) is 5.56 Å². The molecule has 0 amide bonds. The molecular weight excluding hydrogens is 206 g/mol. The molecule has 0 radical (unpaired) electrons. The van der Waals surface area contributed by atoms with Crippen LogP contribution in [0.25, 0.3) is 0 Å². The van der Waals surface area contributed by atoms with Crippen molar-refractivity contribution in [2.45, 2.75) is 0 Å². The highest BCUT2D eigenvalue weighted by molar-refractivity contribution is 9.10. The third kappa shape index (κ3) is 2.31. The summed E-state index contributed by atoms with van der Waals surface area (Å²) in [4.78, 5) is 3.95. The summed E-state index contributed by atoms with van der Waals surface area (Å²) < 4.78 is 0.992. The molecule has 0 aliphatic carbocycles. The van der Waals surface area contributed by atoms with E-state index in [0.717, 1.165) is 10.0 Å². The molecule has 0 aromatic carbocycles. The van der Waals surface area contributed by atoms with Crippen LogP contribution in [0.2, 0.25) is 0 Å². The Balaban J connectivity index is 2.86. The Labute approximate surface area is 73.7 Å². The zero-order valence-corrected chi connectivity index (χ0v) is 7.67.